The molecule has 0 spiro atoms. The van der Waals surface area contributed by atoms with Crippen LogP contribution in [0.1, 0.15) is 46.1 Å². The van der Waals surface area contributed by atoms with Gasteiger partial charge in [-0.1, -0.05) is 34.6 Å². The Bertz CT molecular complexity index is 344. The molecule has 0 saturated carbocycles. The van der Waals surface area contributed by atoms with Gasteiger partial charge in [0.25, 0.3) is 0 Å². The minimum absolute atomic E-state index is 0.0713. The van der Waals surface area contributed by atoms with E-state index in [1.165, 1.54) is 4.68 Å². The Labute approximate surface area is 91.6 Å². The van der Waals surface area contributed by atoms with Crippen LogP contribution in [0.4, 0.5) is 5.82 Å². The summed E-state index contributed by atoms with van der Waals surface area (Å²) in [7, 11) is 0. The molecule has 4 N–H and O–H groups in total. The lowest BCUT2D eigenvalue weighted by atomic mass is 9.96. The number of hydrogen-bond acceptors (Lipinski definition) is 3. The van der Waals surface area contributed by atoms with Crippen molar-refractivity contribution in [3.63, 3.8) is 0 Å². The number of imidazole rings is 1. The van der Waals surface area contributed by atoms with Crippen molar-refractivity contribution in [1.29, 1.82) is 0 Å². The van der Waals surface area contributed by atoms with E-state index < -0.39 is 0 Å². The van der Waals surface area contributed by atoms with E-state index in [1.807, 2.05) is 0 Å². The smallest absolute Gasteiger partial charge is 0.146 e. The van der Waals surface area contributed by atoms with Crippen molar-refractivity contribution in [1.82, 2.24) is 9.66 Å². The van der Waals surface area contributed by atoms with Crippen molar-refractivity contribution in [2.24, 2.45) is 5.92 Å². The maximum absolute atomic E-state index is 5.92. The predicted molar refractivity (Wildman–Crippen MR) is 64.0 cm³/mol. The van der Waals surface area contributed by atoms with Crippen LogP contribution in [0.25, 0.3) is 0 Å². The SMILES string of the molecule is CC(C)Cc1nc(C(C)(C)C)n(N)c1N. The number of hydrogen-bond donors (Lipinski definition) is 2. The van der Waals surface area contributed by atoms with E-state index in [9.17, 15) is 0 Å². The number of anilines is 1. The molecule has 0 amide bonds. The molecule has 0 bridgehead atoms. The first kappa shape index (κ1) is 11.9. The molecule has 0 aliphatic carbocycles. The molecule has 1 aromatic heterocycles. The van der Waals surface area contributed by atoms with Crippen molar-refractivity contribution in [2.75, 3.05) is 11.6 Å². The van der Waals surface area contributed by atoms with Crippen molar-refractivity contribution >= 4 is 5.82 Å². The quantitative estimate of drug-likeness (QED) is 0.730. The third kappa shape index (κ3) is 2.43. The zero-order chi connectivity index (χ0) is 11.8. The zero-order valence-electron chi connectivity index (χ0n) is 10.3. The van der Waals surface area contributed by atoms with Crippen LogP contribution >= 0.6 is 0 Å². The average Bonchev–Trinajstić information content (AvgIpc) is 2.30. The van der Waals surface area contributed by atoms with Crippen LogP contribution in [-0.2, 0) is 11.8 Å². The Morgan fingerprint density at radius 1 is 1.33 bits per heavy atom. The maximum Gasteiger partial charge on any atom is 0.146 e. The molecule has 15 heavy (non-hydrogen) atoms. The topological polar surface area (TPSA) is 69.9 Å². The molecule has 0 aliphatic heterocycles. The zero-order valence-corrected chi connectivity index (χ0v) is 10.3. The Hall–Kier alpha value is -1.19. The third-order valence-corrected chi connectivity index (χ3v) is 2.30. The highest BCUT2D eigenvalue weighted by Crippen LogP contribution is 2.25. The fraction of sp³-hybridized carbons (Fsp3) is 0.727. The summed E-state index contributed by atoms with van der Waals surface area (Å²) in [6.45, 7) is 10.5. The molecule has 0 aliphatic rings. The second kappa shape index (κ2) is 3.76. The minimum Gasteiger partial charge on any atom is -0.382 e. The first-order valence-corrected chi connectivity index (χ1v) is 5.36. The normalized spacial score (nSPS) is 12.4. The summed E-state index contributed by atoms with van der Waals surface area (Å²) in [5.41, 5.74) is 6.77. The van der Waals surface area contributed by atoms with Gasteiger partial charge in [0.15, 0.2) is 0 Å². The number of nitrogens with two attached hydrogens (primary N) is 2. The van der Waals surface area contributed by atoms with E-state index in [0.29, 0.717) is 11.7 Å². The van der Waals surface area contributed by atoms with Crippen LogP contribution in [0.15, 0.2) is 0 Å². The number of nitrogens with zero attached hydrogens (tertiary/aromatic N) is 2. The molecule has 0 saturated heterocycles. The highest BCUT2D eigenvalue weighted by atomic mass is 15.4. The van der Waals surface area contributed by atoms with Crippen molar-refractivity contribution in [3.8, 4) is 0 Å². The van der Waals surface area contributed by atoms with Crippen molar-refractivity contribution < 1.29 is 0 Å². The van der Waals surface area contributed by atoms with E-state index in [1.54, 1.807) is 0 Å². The summed E-state index contributed by atoms with van der Waals surface area (Å²) < 4.78 is 1.51. The van der Waals surface area contributed by atoms with Gasteiger partial charge in [-0.3, -0.25) is 0 Å². The molecule has 1 rings (SSSR count). The lowest BCUT2D eigenvalue weighted by Crippen LogP contribution is -2.24. The molecular weight excluding hydrogens is 188 g/mol. The van der Waals surface area contributed by atoms with E-state index in [-0.39, 0.29) is 5.41 Å². The first-order valence-electron chi connectivity index (χ1n) is 5.36. The van der Waals surface area contributed by atoms with Crippen LogP contribution in [0, 0.1) is 5.92 Å². The Kier molecular flexibility index (Phi) is 2.98. The van der Waals surface area contributed by atoms with Crippen LogP contribution < -0.4 is 11.6 Å². The summed E-state index contributed by atoms with van der Waals surface area (Å²) in [5, 5.41) is 0. The highest BCUT2D eigenvalue weighted by Gasteiger charge is 2.23. The summed E-state index contributed by atoms with van der Waals surface area (Å²) in [4.78, 5) is 4.53. The molecule has 1 heterocycles. The number of aromatic nitrogens is 2. The van der Waals surface area contributed by atoms with E-state index in [2.05, 4.69) is 39.6 Å². The summed E-state index contributed by atoms with van der Waals surface area (Å²) >= 11 is 0. The monoisotopic (exact) mass is 210 g/mol. The molecule has 1 aromatic rings. The van der Waals surface area contributed by atoms with Gasteiger partial charge in [0.05, 0.1) is 5.69 Å². The highest BCUT2D eigenvalue weighted by molar-refractivity contribution is 5.39. The molecule has 0 unspecified atom stereocenters. The second-order valence-corrected chi connectivity index (χ2v) is 5.49. The average molecular weight is 210 g/mol. The molecule has 86 valence electrons. The Morgan fingerprint density at radius 2 is 1.87 bits per heavy atom. The van der Waals surface area contributed by atoms with E-state index in [0.717, 1.165) is 17.9 Å². The van der Waals surface area contributed by atoms with Gasteiger partial charge in [0, 0.05) is 5.41 Å². The fourth-order valence-corrected chi connectivity index (χ4v) is 1.56. The Morgan fingerprint density at radius 3 is 2.20 bits per heavy atom. The maximum atomic E-state index is 5.92. The number of nitrogen functional groups attached to an aromatic ring is 2. The van der Waals surface area contributed by atoms with Crippen LogP contribution in [0.5, 0.6) is 0 Å². The summed E-state index contributed by atoms with van der Waals surface area (Å²) in [6.07, 6.45) is 0.874. The second-order valence-electron chi connectivity index (χ2n) is 5.49. The van der Waals surface area contributed by atoms with E-state index in [4.69, 9.17) is 11.6 Å². The lowest BCUT2D eigenvalue weighted by molar-refractivity contribution is 0.529. The van der Waals surface area contributed by atoms with Gasteiger partial charge in [0.2, 0.25) is 0 Å². The molecule has 4 nitrogen and oxygen atoms in total. The largest absolute Gasteiger partial charge is 0.382 e. The fourth-order valence-electron chi connectivity index (χ4n) is 1.56. The number of rotatable bonds is 2. The van der Waals surface area contributed by atoms with Gasteiger partial charge >= 0.3 is 0 Å². The first-order chi connectivity index (χ1) is 6.73. The molecule has 0 atom stereocenters. The molecule has 0 fully saturated rings. The standard InChI is InChI=1S/C11H22N4/c1-7(2)6-8-9(12)15(13)10(14-8)11(3,4)5/h7H,6,12-13H2,1-5H3. The summed E-state index contributed by atoms with van der Waals surface area (Å²) in [5.74, 6) is 7.87. The van der Waals surface area contributed by atoms with Gasteiger partial charge < -0.3 is 11.6 Å². The minimum atomic E-state index is -0.0713. The predicted octanol–water partition coefficient (Wildman–Crippen LogP) is 1.68. The molecule has 4 heteroatoms. The van der Waals surface area contributed by atoms with Gasteiger partial charge in [-0.05, 0) is 12.3 Å². The third-order valence-electron chi connectivity index (χ3n) is 2.30. The molecule has 0 aromatic carbocycles. The lowest BCUT2D eigenvalue weighted by Gasteiger charge is -2.17. The van der Waals surface area contributed by atoms with Gasteiger partial charge in [-0.2, -0.15) is 0 Å². The van der Waals surface area contributed by atoms with Crippen molar-refractivity contribution in [3.05, 3.63) is 11.5 Å². The van der Waals surface area contributed by atoms with Crippen LogP contribution in [-0.4, -0.2) is 9.66 Å². The van der Waals surface area contributed by atoms with Gasteiger partial charge in [-0.15, -0.1) is 0 Å². The van der Waals surface area contributed by atoms with Crippen LogP contribution in [0.2, 0.25) is 0 Å². The Balaban J connectivity index is 3.13. The van der Waals surface area contributed by atoms with Gasteiger partial charge in [-0.25, -0.2) is 9.66 Å². The molecular formula is C11H22N4. The van der Waals surface area contributed by atoms with Crippen molar-refractivity contribution in [2.45, 2.75) is 46.5 Å². The van der Waals surface area contributed by atoms with Crippen LogP contribution in [0.3, 0.4) is 0 Å². The molecule has 0 radical (unpaired) electrons. The summed E-state index contributed by atoms with van der Waals surface area (Å²) in [6, 6.07) is 0. The van der Waals surface area contributed by atoms with E-state index >= 15 is 0 Å². The van der Waals surface area contributed by atoms with Gasteiger partial charge in [0.1, 0.15) is 11.6 Å².